The predicted molar refractivity (Wildman–Crippen MR) is 83.8 cm³/mol. The van der Waals surface area contributed by atoms with Crippen molar-refractivity contribution in [3.8, 4) is 11.5 Å². The minimum Gasteiger partial charge on any atom is -0.504 e. The SMILES string of the molecule is COc1cc2c(c(CN3CCCCC3)c1O)CN(C)CC2. The lowest BCUT2D eigenvalue weighted by Crippen LogP contribution is -2.32. The second kappa shape index (κ2) is 6.24. The first-order valence-electron chi connectivity index (χ1n) is 8.00. The Morgan fingerprint density at radius 3 is 2.67 bits per heavy atom. The zero-order chi connectivity index (χ0) is 14.8. The molecule has 2 heterocycles. The molecule has 0 spiro atoms. The van der Waals surface area contributed by atoms with Gasteiger partial charge in [-0.3, -0.25) is 4.90 Å². The molecular weight excluding hydrogens is 264 g/mol. The van der Waals surface area contributed by atoms with E-state index in [0.29, 0.717) is 11.5 Å². The summed E-state index contributed by atoms with van der Waals surface area (Å²) in [6.45, 7) is 5.13. The first-order valence-corrected chi connectivity index (χ1v) is 8.00. The number of likely N-dealkylation sites (N-methyl/N-ethyl adjacent to an activating group) is 1. The summed E-state index contributed by atoms with van der Waals surface area (Å²) in [5.41, 5.74) is 3.74. The number of ether oxygens (including phenoxy) is 1. The van der Waals surface area contributed by atoms with Gasteiger partial charge in [-0.2, -0.15) is 0 Å². The number of hydrogen-bond donors (Lipinski definition) is 1. The fourth-order valence-electron chi connectivity index (χ4n) is 3.55. The lowest BCUT2D eigenvalue weighted by atomic mass is 9.93. The fraction of sp³-hybridized carbons (Fsp3) is 0.647. The Labute approximate surface area is 127 Å². The van der Waals surface area contributed by atoms with Gasteiger partial charge in [0, 0.05) is 25.2 Å². The number of hydrogen-bond acceptors (Lipinski definition) is 4. The van der Waals surface area contributed by atoms with Gasteiger partial charge in [-0.05, 0) is 56.6 Å². The molecule has 1 saturated heterocycles. The third-order valence-electron chi connectivity index (χ3n) is 4.82. The zero-order valence-electron chi connectivity index (χ0n) is 13.2. The van der Waals surface area contributed by atoms with E-state index < -0.39 is 0 Å². The molecular formula is C17H26N2O2. The molecule has 0 unspecified atom stereocenters. The molecule has 0 aromatic heterocycles. The Balaban J connectivity index is 1.95. The molecule has 1 fully saturated rings. The first kappa shape index (κ1) is 14.7. The molecule has 4 nitrogen and oxygen atoms in total. The molecule has 0 atom stereocenters. The van der Waals surface area contributed by atoms with E-state index in [9.17, 15) is 5.11 Å². The highest BCUT2D eigenvalue weighted by Gasteiger charge is 2.24. The molecule has 116 valence electrons. The van der Waals surface area contributed by atoms with Gasteiger partial charge in [0.05, 0.1) is 7.11 Å². The maximum atomic E-state index is 10.6. The number of piperidine rings is 1. The number of benzene rings is 1. The van der Waals surface area contributed by atoms with Gasteiger partial charge >= 0.3 is 0 Å². The van der Waals surface area contributed by atoms with Gasteiger partial charge in [-0.25, -0.2) is 0 Å². The normalized spacial score (nSPS) is 20.3. The van der Waals surface area contributed by atoms with E-state index >= 15 is 0 Å². The first-order chi connectivity index (χ1) is 10.2. The zero-order valence-corrected chi connectivity index (χ0v) is 13.2. The van der Waals surface area contributed by atoms with Gasteiger partial charge in [0.25, 0.3) is 0 Å². The van der Waals surface area contributed by atoms with Gasteiger partial charge in [-0.15, -0.1) is 0 Å². The monoisotopic (exact) mass is 290 g/mol. The third-order valence-corrected chi connectivity index (χ3v) is 4.82. The maximum absolute atomic E-state index is 10.6. The summed E-state index contributed by atoms with van der Waals surface area (Å²) in [6.07, 6.45) is 4.91. The molecule has 0 radical (unpaired) electrons. The van der Waals surface area contributed by atoms with Crippen LogP contribution < -0.4 is 4.74 Å². The number of rotatable bonds is 3. The quantitative estimate of drug-likeness (QED) is 0.927. The van der Waals surface area contributed by atoms with Crippen molar-refractivity contribution in [1.82, 2.24) is 9.80 Å². The average Bonchev–Trinajstić information content (AvgIpc) is 2.51. The fourth-order valence-corrected chi connectivity index (χ4v) is 3.55. The van der Waals surface area contributed by atoms with Crippen molar-refractivity contribution in [1.29, 1.82) is 0 Å². The molecule has 0 saturated carbocycles. The van der Waals surface area contributed by atoms with Crippen LogP contribution in [0.4, 0.5) is 0 Å². The molecule has 0 aliphatic carbocycles. The molecule has 4 heteroatoms. The van der Waals surface area contributed by atoms with Crippen molar-refractivity contribution < 1.29 is 9.84 Å². The standard InChI is InChI=1S/C17H26N2O2/c1-18-9-6-13-10-16(21-2)17(20)15(14(13)11-18)12-19-7-4-3-5-8-19/h10,20H,3-9,11-12H2,1-2H3. The van der Waals surface area contributed by atoms with Crippen LogP contribution in [-0.4, -0.2) is 48.7 Å². The predicted octanol–water partition coefficient (Wildman–Crippen LogP) is 2.37. The van der Waals surface area contributed by atoms with Crippen LogP contribution in [0.3, 0.4) is 0 Å². The minimum absolute atomic E-state index is 0.345. The second-order valence-electron chi connectivity index (χ2n) is 6.37. The van der Waals surface area contributed by atoms with E-state index in [1.165, 1.54) is 30.4 Å². The van der Waals surface area contributed by atoms with Crippen molar-refractivity contribution in [2.24, 2.45) is 0 Å². The Morgan fingerprint density at radius 1 is 1.19 bits per heavy atom. The summed E-state index contributed by atoms with van der Waals surface area (Å²) < 4.78 is 5.39. The molecule has 21 heavy (non-hydrogen) atoms. The number of methoxy groups -OCH3 is 1. The number of phenolic OH excluding ortho intramolecular Hbond substituents is 1. The molecule has 0 bridgehead atoms. The summed E-state index contributed by atoms with van der Waals surface area (Å²) in [7, 11) is 3.79. The van der Waals surface area contributed by atoms with Crippen molar-refractivity contribution in [3.05, 3.63) is 22.8 Å². The smallest absolute Gasteiger partial charge is 0.162 e. The van der Waals surface area contributed by atoms with Crippen molar-refractivity contribution in [3.63, 3.8) is 0 Å². The van der Waals surface area contributed by atoms with Crippen LogP contribution in [0.25, 0.3) is 0 Å². The number of nitrogens with zero attached hydrogens (tertiary/aromatic N) is 2. The van der Waals surface area contributed by atoms with Crippen molar-refractivity contribution >= 4 is 0 Å². The van der Waals surface area contributed by atoms with E-state index in [1.54, 1.807) is 7.11 Å². The Bertz CT molecular complexity index is 510. The van der Waals surface area contributed by atoms with E-state index in [0.717, 1.165) is 44.7 Å². The van der Waals surface area contributed by atoms with Crippen molar-refractivity contribution in [2.45, 2.75) is 38.8 Å². The molecule has 1 N–H and O–H groups in total. The van der Waals surface area contributed by atoms with Gasteiger partial charge in [0.2, 0.25) is 0 Å². The molecule has 1 aromatic carbocycles. The second-order valence-corrected chi connectivity index (χ2v) is 6.37. The highest BCUT2D eigenvalue weighted by molar-refractivity contribution is 5.54. The van der Waals surface area contributed by atoms with Gasteiger partial charge < -0.3 is 14.7 Å². The largest absolute Gasteiger partial charge is 0.504 e. The topological polar surface area (TPSA) is 35.9 Å². The number of fused-ring (bicyclic) bond motifs is 1. The van der Waals surface area contributed by atoms with Crippen LogP contribution in [0.1, 0.15) is 36.0 Å². The third kappa shape index (κ3) is 3.01. The van der Waals surface area contributed by atoms with E-state index in [4.69, 9.17) is 4.74 Å². The van der Waals surface area contributed by atoms with Crippen LogP contribution in [-0.2, 0) is 19.5 Å². The number of phenols is 1. The lowest BCUT2D eigenvalue weighted by molar-refractivity contribution is 0.214. The average molecular weight is 290 g/mol. The molecule has 1 aromatic rings. The Morgan fingerprint density at radius 2 is 1.95 bits per heavy atom. The van der Waals surface area contributed by atoms with Gasteiger partial charge in [0.1, 0.15) is 0 Å². The number of likely N-dealkylation sites (tertiary alicyclic amines) is 1. The molecule has 3 rings (SSSR count). The molecule has 2 aliphatic rings. The van der Waals surface area contributed by atoms with Crippen LogP contribution in [0.5, 0.6) is 11.5 Å². The lowest BCUT2D eigenvalue weighted by Gasteiger charge is -2.32. The van der Waals surface area contributed by atoms with Crippen LogP contribution in [0, 0.1) is 0 Å². The summed E-state index contributed by atoms with van der Waals surface area (Å²) in [6, 6.07) is 2.03. The summed E-state index contributed by atoms with van der Waals surface area (Å²) >= 11 is 0. The molecule has 0 amide bonds. The summed E-state index contributed by atoms with van der Waals surface area (Å²) in [5, 5.41) is 10.6. The Kier molecular flexibility index (Phi) is 4.36. The van der Waals surface area contributed by atoms with E-state index in [-0.39, 0.29) is 0 Å². The van der Waals surface area contributed by atoms with E-state index in [1.807, 2.05) is 6.07 Å². The highest BCUT2D eigenvalue weighted by Crippen LogP contribution is 2.38. The van der Waals surface area contributed by atoms with Crippen LogP contribution in [0.2, 0.25) is 0 Å². The van der Waals surface area contributed by atoms with E-state index in [2.05, 4.69) is 16.8 Å². The number of aromatic hydroxyl groups is 1. The minimum atomic E-state index is 0.345. The summed E-state index contributed by atoms with van der Waals surface area (Å²) in [5.74, 6) is 0.974. The Hall–Kier alpha value is -1.26. The van der Waals surface area contributed by atoms with Crippen LogP contribution >= 0.6 is 0 Å². The van der Waals surface area contributed by atoms with Gasteiger partial charge in [0.15, 0.2) is 11.5 Å². The molecule has 2 aliphatic heterocycles. The van der Waals surface area contributed by atoms with Gasteiger partial charge in [-0.1, -0.05) is 6.42 Å². The van der Waals surface area contributed by atoms with Crippen molar-refractivity contribution in [2.75, 3.05) is 33.8 Å². The maximum Gasteiger partial charge on any atom is 0.162 e. The van der Waals surface area contributed by atoms with Crippen LogP contribution in [0.15, 0.2) is 6.07 Å². The highest BCUT2D eigenvalue weighted by atomic mass is 16.5. The summed E-state index contributed by atoms with van der Waals surface area (Å²) in [4.78, 5) is 4.79.